The molecule has 130 valence electrons. The van der Waals surface area contributed by atoms with Crippen LogP contribution in [0.1, 0.15) is 35.6 Å². The van der Waals surface area contributed by atoms with Crippen LogP contribution in [-0.4, -0.2) is 11.2 Å². The molecule has 2 aromatic rings. The first-order valence-electron chi connectivity index (χ1n) is 8.08. The van der Waals surface area contributed by atoms with E-state index in [4.69, 9.17) is 5.11 Å². The van der Waals surface area contributed by atoms with E-state index in [1.807, 2.05) is 12.1 Å². The van der Waals surface area contributed by atoms with Gasteiger partial charge in [-0.3, -0.25) is 0 Å². The summed E-state index contributed by atoms with van der Waals surface area (Å²) in [6, 6.07) is 10.6. The summed E-state index contributed by atoms with van der Waals surface area (Å²) in [7, 11) is 0. The van der Waals surface area contributed by atoms with E-state index in [0.717, 1.165) is 48.1 Å². The second-order valence-corrected chi connectivity index (χ2v) is 6.91. The number of carboxylic acid groups (broad SMARTS) is 1. The zero-order valence-corrected chi connectivity index (χ0v) is 13.2. The molecule has 0 bridgehead atoms. The first kappa shape index (κ1) is 16.0. The minimum absolute atomic E-state index is 0.0484. The molecular formula is C19H16F3NO2. The fraction of sp³-hybridized carbons (Fsp3) is 0.316. The summed E-state index contributed by atoms with van der Waals surface area (Å²) < 4.78 is 38.8. The second kappa shape index (κ2) is 5.25. The van der Waals surface area contributed by atoms with Crippen molar-refractivity contribution in [2.75, 3.05) is 0 Å². The minimum Gasteiger partial charge on any atom is -0.465 e. The number of nitrogens with one attached hydrogen (secondary N) is 1. The van der Waals surface area contributed by atoms with Crippen molar-refractivity contribution < 1.29 is 23.1 Å². The fourth-order valence-corrected chi connectivity index (χ4v) is 3.89. The fourth-order valence-electron chi connectivity index (χ4n) is 3.89. The van der Waals surface area contributed by atoms with Gasteiger partial charge in [-0.05, 0) is 59.1 Å². The predicted molar refractivity (Wildman–Crippen MR) is 86.2 cm³/mol. The van der Waals surface area contributed by atoms with Crippen LogP contribution >= 0.6 is 0 Å². The Morgan fingerprint density at radius 1 is 1.12 bits per heavy atom. The van der Waals surface area contributed by atoms with E-state index in [9.17, 15) is 18.0 Å². The molecule has 2 aliphatic rings. The first-order chi connectivity index (χ1) is 11.8. The third-order valence-corrected chi connectivity index (χ3v) is 5.29. The molecule has 0 radical (unpaired) electrons. The van der Waals surface area contributed by atoms with Crippen LogP contribution < -0.4 is 5.32 Å². The highest BCUT2D eigenvalue weighted by molar-refractivity contribution is 5.69. The van der Waals surface area contributed by atoms with Gasteiger partial charge in [0.1, 0.15) is 0 Å². The van der Waals surface area contributed by atoms with E-state index in [-0.39, 0.29) is 11.5 Å². The standard InChI is InChI=1S/C19H16F3NO2/c20-19(21,22)14-3-1-2-11(9-14)12-4-5-15-13(8-12)10-18(6-7-18)16(15)23-17(24)25/h1-5,8-9,16,23H,6-7,10H2,(H,24,25). The molecule has 0 saturated heterocycles. The third-order valence-electron chi connectivity index (χ3n) is 5.29. The highest BCUT2D eigenvalue weighted by Crippen LogP contribution is 2.62. The Balaban J connectivity index is 1.71. The van der Waals surface area contributed by atoms with Gasteiger partial charge in [-0.2, -0.15) is 13.2 Å². The summed E-state index contributed by atoms with van der Waals surface area (Å²) in [4.78, 5) is 11.1. The van der Waals surface area contributed by atoms with Gasteiger partial charge in [-0.25, -0.2) is 4.79 Å². The van der Waals surface area contributed by atoms with Crippen LogP contribution in [0.15, 0.2) is 42.5 Å². The molecule has 2 N–H and O–H groups in total. The van der Waals surface area contributed by atoms with Crippen molar-refractivity contribution in [1.82, 2.24) is 5.32 Å². The number of hydrogen-bond acceptors (Lipinski definition) is 1. The van der Waals surface area contributed by atoms with E-state index in [1.165, 1.54) is 6.07 Å². The molecule has 3 nitrogen and oxygen atoms in total. The Kier molecular flexibility index (Phi) is 3.36. The maximum Gasteiger partial charge on any atom is 0.416 e. The average molecular weight is 347 g/mol. The van der Waals surface area contributed by atoms with Crippen molar-refractivity contribution in [3.8, 4) is 11.1 Å². The van der Waals surface area contributed by atoms with E-state index in [2.05, 4.69) is 5.32 Å². The Bertz CT molecular complexity index is 856. The molecule has 4 rings (SSSR count). The maximum atomic E-state index is 12.9. The van der Waals surface area contributed by atoms with Crippen LogP contribution in [0, 0.1) is 5.41 Å². The summed E-state index contributed by atoms with van der Waals surface area (Å²) in [5, 5.41) is 11.7. The smallest absolute Gasteiger partial charge is 0.416 e. The summed E-state index contributed by atoms with van der Waals surface area (Å²) in [6.07, 6.45) is -2.73. The number of carbonyl (C=O) groups is 1. The second-order valence-electron chi connectivity index (χ2n) is 6.91. The highest BCUT2D eigenvalue weighted by atomic mass is 19.4. The van der Waals surface area contributed by atoms with Crippen LogP contribution in [0.4, 0.5) is 18.0 Å². The minimum atomic E-state index is -4.37. The van der Waals surface area contributed by atoms with E-state index < -0.39 is 17.8 Å². The van der Waals surface area contributed by atoms with Crippen molar-refractivity contribution in [2.24, 2.45) is 5.41 Å². The van der Waals surface area contributed by atoms with Crippen molar-refractivity contribution in [3.63, 3.8) is 0 Å². The largest absolute Gasteiger partial charge is 0.465 e. The topological polar surface area (TPSA) is 49.3 Å². The van der Waals surface area contributed by atoms with E-state index >= 15 is 0 Å². The lowest BCUT2D eigenvalue weighted by molar-refractivity contribution is -0.137. The summed E-state index contributed by atoms with van der Waals surface area (Å²) in [5.41, 5.74) is 2.47. The molecule has 1 amide bonds. The Morgan fingerprint density at radius 3 is 2.48 bits per heavy atom. The van der Waals surface area contributed by atoms with Gasteiger partial charge in [0.25, 0.3) is 0 Å². The maximum absolute atomic E-state index is 12.9. The molecular weight excluding hydrogens is 331 g/mol. The summed E-state index contributed by atoms with van der Waals surface area (Å²) >= 11 is 0. The molecule has 2 aliphatic carbocycles. The number of benzene rings is 2. The predicted octanol–water partition coefficient (Wildman–Crippen LogP) is 5.02. The van der Waals surface area contributed by atoms with Crippen LogP contribution in [-0.2, 0) is 12.6 Å². The molecule has 0 aromatic heterocycles. The Morgan fingerprint density at radius 2 is 1.84 bits per heavy atom. The van der Waals surface area contributed by atoms with Gasteiger partial charge in [0.2, 0.25) is 0 Å². The van der Waals surface area contributed by atoms with Gasteiger partial charge in [-0.1, -0.05) is 30.3 Å². The average Bonchev–Trinajstić information content (AvgIpc) is 3.26. The highest BCUT2D eigenvalue weighted by Gasteiger charge is 2.55. The molecule has 2 aromatic carbocycles. The third kappa shape index (κ3) is 2.75. The summed E-state index contributed by atoms with van der Waals surface area (Å²) in [6.45, 7) is 0. The molecule has 1 spiro atoms. The molecule has 25 heavy (non-hydrogen) atoms. The number of halogens is 3. The van der Waals surface area contributed by atoms with Gasteiger partial charge >= 0.3 is 12.3 Å². The van der Waals surface area contributed by atoms with Gasteiger partial charge in [0.15, 0.2) is 0 Å². The SMILES string of the molecule is O=C(O)NC1c2ccc(-c3cccc(C(F)(F)F)c3)cc2CC12CC2. The molecule has 0 aliphatic heterocycles. The lowest BCUT2D eigenvalue weighted by Crippen LogP contribution is -2.30. The normalized spacial score (nSPS) is 20.4. The van der Waals surface area contributed by atoms with Crippen molar-refractivity contribution in [1.29, 1.82) is 0 Å². The molecule has 6 heteroatoms. The van der Waals surface area contributed by atoms with Crippen LogP contribution in [0.2, 0.25) is 0 Å². The van der Waals surface area contributed by atoms with Gasteiger partial charge in [0, 0.05) is 0 Å². The zero-order chi connectivity index (χ0) is 17.8. The monoisotopic (exact) mass is 347 g/mol. The molecule has 1 unspecified atom stereocenters. The number of fused-ring (bicyclic) bond motifs is 1. The number of hydrogen-bond donors (Lipinski definition) is 2. The van der Waals surface area contributed by atoms with Crippen molar-refractivity contribution in [2.45, 2.75) is 31.5 Å². The molecule has 0 heterocycles. The van der Waals surface area contributed by atoms with Gasteiger partial charge in [0.05, 0.1) is 11.6 Å². The molecule has 1 atom stereocenters. The van der Waals surface area contributed by atoms with Gasteiger partial charge < -0.3 is 10.4 Å². The van der Waals surface area contributed by atoms with Crippen LogP contribution in [0.5, 0.6) is 0 Å². The Hall–Kier alpha value is -2.50. The van der Waals surface area contributed by atoms with E-state index in [1.54, 1.807) is 12.1 Å². The Labute approximate surface area is 142 Å². The first-order valence-corrected chi connectivity index (χ1v) is 8.08. The van der Waals surface area contributed by atoms with Crippen molar-refractivity contribution >= 4 is 6.09 Å². The lowest BCUT2D eigenvalue weighted by Gasteiger charge is -2.19. The quantitative estimate of drug-likeness (QED) is 0.802. The number of alkyl halides is 3. The summed E-state index contributed by atoms with van der Waals surface area (Å²) in [5.74, 6) is 0. The molecule has 1 saturated carbocycles. The van der Waals surface area contributed by atoms with Crippen LogP contribution in [0.25, 0.3) is 11.1 Å². The molecule has 1 fully saturated rings. The van der Waals surface area contributed by atoms with E-state index in [0.29, 0.717) is 5.56 Å². The number of amides is 1. The number of rotatable bonds is 2. The lowest BCUT2D eigenvalue weighted by atomic mass is 9.97. The van der Waals surface area contributed by atoms with Gasteiger partial charge in [-0.15, -0.1) is 0 Å². The zero-order valence-electron chi connectivity index (χ0n) is 13.2. The van der Waals surface area contributed by atoms with Crippen molar-refractivity contribution in [3.05, 3.63) is 59.2 Å². The van der Waals surface area contributed by atoms with Crippen LogP contribution in [0.3, 0.4) is 0 Å².